The maximum atomic E-state index is 10.6. The minimum atomic E-state index is 0.598. The van der Waals surface area contributed by atoms with Crippen molar-refractivity contribution in [1.82, 2.24) is 0 Å². The van der Waals surface area contributed by atoms with Gasteiger partial charge in [0.05, 0.1) is 4.47 Å². The molecule has 2 aromatic carbocycles. The minimum Gasteiger partial charge on any atom is -0.456 e. The Labute approximate surface area is 112 Å². The maximum absolute atomic E-state index is 10.6. The van der Waals surface area contributed by atoms with Gasteiger partial charge in [0.2, 0.25) is 0 Å². The Hall–Kier alpha value is -1.32. The summed E-state index contributed by atoms with van der Waals surface area (Å²) in [5, 5.41) is 0.660. The van der Waals surface area contributed by atoms with E-state index in [1.165, 1.54) is 0 Å². The Morgan fingerprint density at radius 2 is 1.82 bits per heavy atom. The third-order valence-corrected chi connectivity index (χ3v) is 3.01. The zero-order chi connectivity index (χ0) is 12.3. The van der Waals surface area contributed by atoms with E-state index in [0.29, 0.717) is 22.1 Å². The molecule has 2 aromatic rings. The van der Waals surface area contributed by atoms with Crippen LogP contribution in [0.15, 0.2) is 46.9 Å². The van der Waals surface area contributed by atoms with E-state index in [-0.39, 0.29) is 0 Å². The first-order valence-corrected chi connectivity index (χ1v) is 6.04. The number of carbonyl (C=O) groups is 1. The lowest BCUT2D eigenvalue weighted by atomic mass is 10.2. The van der Waals surface area contributed by atoms with E-state index in [1.807, 2.05) is 0 Å². The summed E-state index contributed by atoms with van der Waals surface area (Å²) in [7, 11) is 0. The number of carbonyl (C=O) groups excluding carboxylic acids is 1. The van der Waals surface area contributed by atoms with Gasteiger partial charge in [-0.15, -0.1) is 0 Å². The van der Waals surface area contributed by atoms with Crippen LogP contribution in [0.2, 0.25) is 5.02 Å². The molecule has 0 N–H and O–H groups in total. The molecule has 0 heterocycles. The van der Waals surface area contributed by atoms with Gasteiger partial charge < -0.3 is 4.74 Å². The van der Waals surface area contributed by atoms with Gasteiger partial charge in [-0.3, -0.25) is 4.79 Å². The predicted octanol–water partition coefficient (Wildman–Crippen LogP) is 4.71. The van der Waals surface area contributed by atoms with Gasteiger partial charge in [0.25, 0.3) is 0 Å². The molecule has 0 unspecified atom stereocenters. The highest BCUT2D eigenvalue weighted by molar-refractivity contribution is 9.10. The van der Waals surface area contributed by atoms with E-state index >= 15 is 0 Å². The van der Waals surface area contributed by atoms with Crippen molar-refractivity contribution in [2.45, 2.75) is 0 Å². The molecule has 0 fully saturated rings. The number of hydrogen-bond donors (Lipinski definition) is 0. The zero-order valence-corrected chi connectivity index (χ0v) is 11.0. The number of benzene rings is 2. The van der Waals surface area contributed by atoms with Gasteiger partial charge in [-0.05, 0) is 58.4 Å². The molecule has 0 amide bonds. The number of rotatable bonds is 3. The van der Waals surface area contributed by atoms with Crippen LogP contribution in [0, 0.1) is 0 Å². The summed E-state index contributed by atoms with van der Waals surface area (Å²) < 4.78 is 6.38. The zero-order valence-electron chi connectivity index (χ0n) is 8.69. The second-order valence-corrected chi connectivity index (χ2v) is 4.65. The molecule has 0 aromatic heterocycles. The van der Waals surface area contributed by atoms with Crippen LogP contribution in [0.4, 0.5) is 0 Å². The lowest BCUT2D eigenvalue weighted by molar-refractivity contribution is 0.112. The SMILES string of the molecule is O=Cc1ccc(Oc2ccc(Cl)cc2)c(Br)c1. The van der Waals surface area contributed by atoms with E-state index in [2.05, 4.69) is 15.9 Å². The van der Waals surface area contributed by atoms with Crippen molar-refractivity contribution in [3.63, 3.8) is 0 Å². The summed E-state index contributed by atoms with van der Waals surface area (Å²) >= 11 is 9.13. The first-order chi connectivity index (χ1) is 8.19. The van der Waals surface area contributed by atoms with Crippen molar-refractivity contribution in [3.8, 4) is 11.5 Å². The van der Waals surface area contributed by atoms with Crippen LogP contribution >= 0.6 is 27.5 Å². The molecule has 0 aliphatic rings. The fourth-order valence-corrected chi connectivity index (χ4v) is 1.91. The van der Waals surface area contributed by atoms with Crippen molar-refractivity contribution < 1.29 is 9.53 Å². The van der Waals surface area contributed by atoms with Crippen molar-refractivity contribution in [2.24, 2.45) is 0 Å². The quantitative estimate of drug-likeness (QED) is 0.768. The third-order valence-electron chi connectivity index (χ3n) is 2.13. The molecule has 2 nitrogen and oxygen atoms in total. The number of halogens is 2. The highest BCUT2D eigenvalue weighted by Crippen LogP contribution is 2.30. The third kappa shape index (κ3) is 3.08. The summed E-state index contributed by atoms with van der Waals surface area (Å²) in [5.74, 6) is 1.34. The molecule has 86 valence electrons. The Balaban J connectivity index is 2.24. The van der Waals surface area contributed by atoms with Crippen molar-refractivity contribution in [3.05, 3.63) is 57.5 Å². The average molecular weight is 312 g/mol. The molecule has 4 heteroatoms. The molecular weight excluding hydrogens is 303 g/mol. The fourth-order valence-electron chi connectivity index (χ4n) is 1.30. The van der Waals surface area contributed by atoms with Gasteiger partial charge in [0, 0.05) is 10.6 Å². The molecule has 0 aliphatic heterocycles. The second kappa shape index (κ2) is 5.34. The largest absolute Gasteiger partial charge is 0.456 e. The van der Waals surface area contributed by atoms with Crippen molar-refractivity contribution >= 4 is 33.8 Å². The highest BCUT2D eigenvalue weighted by Gasteiger charge is 2.03. The fraction of sp³-hybridized carbons (Fsp3) is 0. The normalized spacial score (nSPS) is 10.0. The minimum absolute atomic E-state index is 0.598. The Bertz CT molecular complexity index is 538. The number of hydrogen-bond acceptors (Lipinski definition) is 2. The predicted molar refractivity (Wildman–Crippen MR) is 71.1 cm³/mol. The van der Waals surface area contributed by atoms with Gasteiger partial charge in [-0.25, -0.2) is 0 Å². The topological polar surface area (TPSA) is 26.3 Å². The molecule has 2 rings (SSSR count). The van der Waals surface area contributed by atoms with Crippen molar-refractivity contribution in [2.75, 3.05) is 0 Å². The average Bonchev–Trinajstić information content (AvgIpc) is 2.34. The van der Waals surface area contributed by atoms with Crippen LogP contribution in [0.1, 0.15) is 10.4 Å². The molecule has 0 saturated heterocycles. The van der Waals surface area contributed by atoms with Gasteiger partial charge in [-0.2, -0.15) is 0 Å². The molecular formula is C13H8BrClO2. The van der Waals surface area contributed by atoms with Crippen LogP contribution in [0.25, 0.3) is 0 Å². The molecule has 0 radical (unpaired) electrons. The lowest BCUT2D eigenvalue weighted by Crippen LogP contribution is -1.87. The van der Waals surface area contributed by atoms with Gasteiger partial charge in [0.1, 0.15) is 17.8 Å². The molecule has 17 heavy (non-hydrogen) atoms. The van der Waals surface area contributed by atoms with E-state index in [0.717, 1.165) is 10.8 Å². The summed E-state index contributed by atoms with van der Waals surface area (Å²) in [6.45, 7) is 0. The molecule has 0 spiro atoms. The van der Waals surface area contributed by atoms with Crippen LogP contribution in [0.5, 0.6) is 11.5 Å². The standard InChI is InChI=1S/C13H8BrClO2/c14-12-7-9(8-16)1-6-13(12)17-11-4-2-10(15)3-5-11/h1-8H. The highest BCUT2D eigenvalue weighted by atomic mass is 79.9. The van der Waals surface area contributed by atoms with E-state index < -0.39 is 0 Å². The van der Waals surface area contributed by atoms with Crippen LogP contribution < -0.4 is 4.74 Å². The first kappa shape index (κ1) is 12.1. The molecule has 0 atom stereocenters. The Morgan fingerprint density at radius 3 is 2.41 bits per heavy atom. The summed E-state index contributed by atoms with van der Waals surface area (Å²) in [4.78, 5) is 10.6. The molecule has 0 saturated carbocycles. The van der Waals surface area contributed by atoms with Crippen LogP contribution in [0.3, 0.4) is 0 Å². The van der Waals surface area contributed by atoms with Gasteiger partial charge in [-0.1, -0.05) is 11.6 Å². The summed E-state index contributed by atoms with van der Waals surface area (Å²) in [5.41, 5.74) is 0.598. The van der Waals surface area contributed by atoms with Gasteiger partial charge in [0.15, 0.2) is 0 Å². The maximum Gasteiger partial charge on any atom is 0.150 e. The van der Waals surface area contributed by atoms with E-state index in [4.69, 9.17) is 16.3 Å². The summed E-state index contributed by atoms with van der Waals surface area (Å²) in [6, 6.07) is 12.2. The van der Waals surface area contributed by atoms with Crippen molar-refractivity contribution in [1.29, 1.82) is 0 Å². The molecule has 0 bridgehead atoms. The molecule has 0 aliphatic carbocycles. The Kier molecular flexibility index (Phi) is 3.82. The summed E-state index contributed by atoms with van der Waals surface area (Å²) in [6.07, 6.45) is 0.789. The van der Waals surface area contributed by atoms with Gasteiger partial charge >= 0.3 is 0 Å². The monoisotopic (exact) mass is 310 g/mol. The first-order valence-electron chi connectivity index (χ1n) is 4.87. The van der Waals surface area contributed by atoms with E-state index in [9.17, 15) is 4.79 Å². The Morgan fingerprint density at radius 1 is 1.12 bits per heavy atom. The van der Waals surface area contributed by atoms with E-state index in [1.54, 1.807) is 42.5 Å². The number of aldehydes is 1. The van der Waals surface area contributed by atoms with Crippen LogP contribution in [-0.2, 0) is 0 Å². The smallest absolute Gasteiger partial charge is 0.150 e. The van der Waals surface area contributed by atoms with Crippen LogP contribution in [-0.4, -0.2) is 6.29 Å². The second-order valence-electron chi connectivity index (χ2n) is 3.36. The lowest BCUT2D eigenvalue weighted by Gasteiger charge is -2.07. The number of ether oxygens (including phenoxy) is 1.